The second-order valence-corrected chi connectivity index (χ2v) is 8.68. The quantitative estimate of drug-likeness (QED) is 0.740. The highest BCUT2D eigenvalue weighted by molar-refractivity contribution is 7.09. The zero-order chi connectivity index (χ0) is 18.6. The number of fused-ring (bicyclic) bond motifs is 2. The van der Waals surface area contributed by atoms with Crippen molar-refractivity contribution in [3.05, 3.63) is 46.7 Å². The average Bonchev–Trinajstić information content (AvgIpc) is 3.16. The van der Waals surface area contributed by atoms with Crippen LogP contribution in [0.2, 0.25) is 0 Å². The zero-order valence-electron chi connectivity index (χ0n) is 15.7. The molecule has 6 heteroatoms. The first kappa shape index (κ1) is 18.3. The fourth-order valence-corrected chi connectivity index (χ4v) is 5.42. The van der Waals surface area contributed by atoms with Gasteiger partial charge < -0.3 is 20.3 Å². The van der Waals surface area contributed by atoms with Gasteiger partial charge in [-0.05, 0) is 55.0 Å². The lowest BCUT2D eigenvalue weighted by molar-refractivity contribution is -0.973. The molecule has 4 rings (SSSR count). The summed E-state index contributed by atoms with van der Waals surface area (Å²) in [5.74, 6) is 0.787. The molecule has 3 N–H and O–H groups in total. The van der Waals surface area contributed by atoms with Crippen LogP contribution >= 0.6 is 11.3 Å². The van der Waals surface area contributed by atoms with Gasteiger partial charge in [0.1, 0.15) is 12.3 Å². The zero-order valence-corrected chi connectivity index (χ0v) is 16.6. The number of quaternary nitrogens is 1. The van der Waals surface area contributed by atoms with Crippen molar-refractivity contribution in [1.82, 2.24) is 5.32 Å². The number of benzene rings is 1. The van der Waals surface area contributed by atoms with Crippen LogP contribution in [0, 0.1) is 0 Å². The number of carbonyl (C=O) groups is 1. The number of methoxy groups -OCH3 is 1. The fourth-order valence-electron chi connectivity index (χ4n) is 4.68. The maximum Gasteiger partial charge on any atom is 0.319 e. The van der Waals surface area contributed by atoms with Gasteiger partial charge in [-0.2, -0.15) is 0 Å². The molecule has 2 aliphatic rings. The van der Waals surface area contributed by atoms with Crippen molar-refractivity contribution in [2.75, 3.05) is 12.4 Å². The number of nitrogens with one attached hydrogen (secondary N) is 3. The number of hydrogen-bond acceptors (Lipinski definition) is 3. The number of amides is 2. The van der Waals surface area contributed by atoms with Gasteiger partial charge in [-0.25, -0.2) is 4.79 Å². The van der Waals surface area contributed by atoms with Crippen LogP contribution in [0.25, 0.3) is 0 Å². The van der Waals surface area contributed by atoms with Crippen molar-refractivity contribution in [2.45, 2.75) is 56.8 Å². The molecular weight excluding hydrogens is 358 g/mol. The van der Waals surface area contributed by atoms with E-state index in [-0.39, 0.29) is 12.1 Å². The van der Waals surface area contributed by atoms with Gasteiger partial charge in [0, 0.05) is 24.6 Å². The number of thiophene rings is 1. The molecule has 2 amide bonds. The normalized spacial score (nSPS) is 27.0. The van der Waals surface area contributed by atoms with Crippen LogP contribution in [0.5, 0.6) is 5.75 Å². The first-order valence-electron chi connectivity index (χ1n) is 9.81. The van der Waals surface area contributed by atoms with E-state index in [1.54, 1.807) is 12.0 Å². The maximum atomic E-state index is 12.4. The van der Waals surface area contributed by atoms with Crippen molar-refractivity contribution < 1.29 is 14.4 Å². The number of anilines is 1. The molecule has 0 spiro atoms. The molecule has 144 valence electrons. The maximum absolute atomic E-state index is 12.4. The van der Waals surface area contributed by atoms with Gasteiger partial charge in [-0.1, -0.05) is 6.07 Å². The Balaban J connectivity index is 1.33. The Bertz CT molecular complexity index is 733. The van der Waals surface area contributed by atoms with E-state index >= 15 is 0 Å². The van der Waals surface area contributed by atoms with Gasteiger partial charge in [-0.15, -0.1) is 11.3 Å². The Kier molecular flexibility index (Phi) is 5.64. The minimum absolute atomic E-state index is 0.107. The summed E-state index contributed by atoms with van der Waals surface area (Å²) in [6.07, 6.45) is 6.03. The number of carbonyl (C=O) groups excluding carboxylic acids is 1. The predicted molar refractivity (Wildman–Crippen MR) is 109 cm³/mol. The molecule has 1 aromatic carbocycles. The van der Waals surface area contributed by atoms with Gasteiger partial charge in [0.25, 0.3) is 0 Å². The summed E-state index contributed by atoms with van der Waals surface area (Å²) in [4.78, 5) is 15.6. The van der Waals surface area contributed by atoms with E-state index in [9.17, 15) is 4.79 Å². The lowest BCUT2D eigenvalue weighted by atomic mass is 9.81. The molecule has 2 fully saturated rings. The van der Waals surface area contributed by atoms with Crippen LogP contribution in [0.15, 0.2) is 41.8 Å². The fraction of sp³-hybridized carbons (Fsp3) is 0.476. The monoisotopic (exact) mass is 386 g/mol. The molecule has 2 saturated heterocycles. The summed E-state index contributed by atoms with van der Waals surface area (Å²) in [5, 5.41) is 8.32. The van der Waals surface area contributed by atoms with Crippen LogP contribution in [0.4, 0.5) is 10.5 Å². The molecule has 0 saturated carbocycles. The lowest BCUT2D eigenvalue weighted by Crippen LogP contribution is -3.20. The van der Waals surface area contributed by atoms with E-state index in [0.29, 0.717) is 12.1 Å². The van der Waals surface area contributed by atoms with Crippen molar-refractivity contribution in [3.63, 3.8) is 0 Å². The number of rotatable bonds is 5. The minimum Gasteiger partial charge on any atom is -0.497 e. The SMILES string of the molecule is COc1ccc(NC(=O)NC2C[C@H]3CCC[C@@H](C2)[NH+]3Cc2cccs2)cc1. The van der Waals surface area contributed by atoms with E-state index in [0.717, 1.165) is 30.8 Å². The average molecular weight is 387 g/mol. The van der Waals surface area contributed by atoms with E-state index in [4.69, 9.17) is 4.74 Å². The van der Waals surface area contributed by atoms with Gasteiger partial charge in [-0.3, -0.25) is 0 Å². The Morgan fingerprint density at radius 1 is 1.19 bits per heavy atom. The van der Waals surface area contributed by atoms with Crippen LogP contribution in [0.3, 0.4) is 0 Å². The van der Waals surface area contributed by atoms with Crippen LogP contribution in [0.1, 0.15) is 37.0 Å². The molecular formula is C21H28N3O2S+. The molecule has 2 unspecified atom stereocenters. The predicted octanol–water partition coefficient (Wildman–Crippen LogP) is 3.05. The molecule has 2 bridgehead atoms. The number of urea groups is 1. The van der Waals surface area contributed by atoms with Crippen LogP contribution in [-0.4, -0.2) is 31.3 Å². The molecule has 27 heavy (non-hydrogen) atoms. The van der Waals surface area contributed by atoms with E-state index < -0.39 is 0 Å². The number of piperidine rings is 2. The van der Waals surface area contributed by atoms with Crippen molar-refractivity contribution in [3.8, 4) is 5.75 Å². The summed E-state index contributed by atoms with van der Waals surface area (Å²) < 4.78 is 5.16. The van der Waals surface area contributed by atoms with E-state index in [1.807, 2.05) is 35.6 Å². The summed E-state index contributed by atoms with van der Waals surface area (Å²) in [6.45, 7) is 1.14. The van der Waals surface area contributed by atoms with Gasteiger partial charge >= 0.3 is 6.03 Å². The smallest absolute Gasteiger partial charge is 0.319 e. The van der Waals surface area contributed by atoms with E-state index in [1.165, 1.54) is 24.1 Å². The highest BCUT2D eigenvalue weighted by atomic mass is 32.1. The third-order valence-corrected chi connectivity index (χ3v) is 6.81. The summed E-state index contributed by atoms with van der Waals surface area (Å²) in [6, 6.07) is 13.3. The second kappa shape index (κ2) is 8.31. The highest BCUT2D eigenvalue weighted by Crippen LogP contribution is 2.23. The molecule has 5 nitrogen and oxygen atoms in total. The minimum atomic E-state index is -0.107. The molecule has 2 aliphatic heterocycles. The Morgan fingerprint density at radius 3 is 2.56 bits per heavy atom. The second-order valence-electron chi connectivity index (χ2n) is 7.65. The number of hydrogen-bond donors (Lipinski definition) is 3. The molecule has 3 heterocycles. The summed E-state index contributed by atoms with van der Waals surface area (Å²) in [7, 11) is 1.64. The topological polar surface area (TPSA) is 54.8 Å². The highest BCUT2D eigenvalue weighted by Gasteiger charge is 2.42. The van der Waals surface area contributed by atoms with E-state index in [2.05, 4.69) is 28.1 Å². The molecule has 0 aliphatic carbocycles. The number of ether oxygens (including phenoxy) is 1. The first-order valence-corrected chi connectivity index (χ1v) is 10.7. The standard InChI is InChI=1S/C21H27N3O2S/c1-26-19-9-7-15(8-10-19)22-21(25)23-16-12-17-4-2-5-18(13-16)24(17)14-20-6-3-11-27-20/h3,6-11,16-18H,2,4-5,12-14H2,1H3,(H2,22,23,25)/p+1/t16?,17-,18+. The van der Waals surface area contributed by atoms with Crippen molar-refractivity contribution >= 4 is 23.1 Å². The molecule has 1 aromatic heterocycles. The van der Waals surface area contributed by atoms with Crippen molar-refractivity contribution in [1.29, 1.82) is 0 Å². The Hall–Kier alpha value is -2.05. The van der Waals surface area contributed by atoms with Gasteiger partial charge in [0.05, 0.1) is 24.1 Å². The lowest BCUT2D eigenvalue weighted by Gasteiger charge is -2.45. The largest absolute Gasteiger partial charge is 0.497 e. The molecule has 4 atom stereocenters. The summed E-state index contributed by atoms with van der Waals surface area (Å²) in [5.41, 5.74) is 0.786. The summed E-state index contributed by atoms with van der Waals surface area (Å²) >= 11 is 1.86. The molecule has 2 aromatic rings. The third-order valence-electron chi connectivity index (χ3n) is 5.93. The third kappa shape index (κ3) is 4.45. The Labute approximate surface area is 164 Å². The first-order chi connectivity index (χ1) is 13.2. The van der Waals surface area contributed by atoms with Gasteiger partial charge in [0.15, 0.2) is 0 Å². The van der Waals surface area contributed by atoms with Crippen LogP contribution < -0.4 is 20.3 Å². The van der Waals surface area contributed by atoms with Gasteiger partial charge in [0.2, 0.25) is 0 Å². The van der Waals surface area contributed by atoms with Crippen LogP contribution in [-0.2, 0) is 6.54 Å². The Morgan fingerprint density at radius 2 is 1.93 bits per heavy atom. The molecule has 0 radical (unpaired) electrons. The van der Waals surface area contributed by atoms with Crippen molar-refractivity contribution in [2.24, 2.45) is 0 Å².